The molecule has 5 aromatic rings. The first-order valence-corrected chi connectivity index (χ1v) is 13.9. The van der Waals surface area contributed by atoms with Gasteiger partial charge in [0.1, 0.15) is 12.3 Å². The molecule has 0 spiro atoms. The molecule has 4 aromatic carbocycles. The Morgan fingerprint density at radius 3 is 2.21 bits per heavy atom. The number of amides is 1. The topological polar surface area (TPSA) is 94.1 Å². The first-order valence-electron chi connectivity index (χ1n) is 13.9. The molecular formula is C35H33N2O5+. The molecule has 0 saturated heterocycles. The lowest BCUT2D eigenvalue weighted by Gasteiger charge is -2.21. The smallest absolute Gasteiger partial charge is 0.379 e. The van der Waals surface area contributed by atoms with E-state index in [2.05, 4.69) is 17.1 Å². The lowest BCUT2D eigenvalue weighted by molar-refractivity contribution is -0.380. The van der Waals surface area contributed by atoms with Gasteiger partial charge in [-0.05, 0) is 59.5 Å². The predicted octanol–water partition coefficient (Wildman–Crippen LogP) is 6.01. The number of aliphatic carboxylic acids is 1. The van der Waals surface area contributed by atoms with Gasteiger partial charge < -0.3 is 19.2 Å². The highest BCUT2D eigenvalue weighted by atomic mass is 16.5. The molecule has 5 rings (SSSR count). The van der Waals surface area contributed by atoms with Crippen molar-refractivity contribution >= 4 is 11.9 Å². The second-order valence-corrected chi connectivity index (χ2v) is 10.1. The molecule has 212 valence electrons. The Balaban J connectivity index is 1.21. The molecule has 1 heterocycles. The molecule has 7 heteroatoms. The molecule has 2 N–H and O–H groups in total. The average molecular weight is 562 g/mol. The molecule has 0 fully saturated rings. The first-order chi connectivity index (χ1) is 20.4. The van der Waals surface area contributed by atoms with E-state index in [1.807, 2.05) is 91.9 Å². The van der Waals surface area contributed by atoms with Gasteiger partial charge in [0.05, 0.1) is 18.6 Å². The van der Waals surface area contributed by atoms with Gasteiger partial charge in [0.2, 0.25) is 5.69 Å². The molecule has 7 nitrogen and oxygen atoms in total. The number of aromatic nitrogens is 1. The fourth-order valence-corrected chi connectivity index (χ4v) is 4.79. The summed E-state index contributed by atoms with van der Waals surface area (Å²) in [6, 6.07) is 34.7. The van der Waals surface area contributed by atoms with E-state index in [9.17, 15) is 14.7 Å². The number of H-pyrrole nitrogens is 1. The van der Waals surface area contributed by atoms with Crippen LogP contribution in [0, 0.1) is 6.92 Å². The lowest BCUT2D eigenvalue weighted by Crippen LogP contribution is -2.35. The van der Waals surface area contributed by atoms with Crippen molar-refractivity contribution in [2.45, 2.75) is 26.3 Å². The van der Waals surface area contributed by atoms with Crippen LogP contribution in [-0.2, 0) is 24.2 Å². The van der Waals surface area contributed by atoms with E-state index in [1.165, 1.54) is 10.5 Å². The van der Waals surface area contributed by atoms with E-state index in [0.717, 1.165) is 34.6 Å². The number of carboxylic acid groups (broad SMARTS) is 1. The number of carbonyl (C=O) groups excluding carboxylic acids is 1. The summed E-state index contributed by atoms with van der Waals surface area (Å²) in [6.45, 7) is 2.07. The summed E-state index contributed by atoms with van der Waals surface area (Å²) < 4.78 is 11.9. The molecule has 0 radical (unpaired) electrons. The van der Waals surface area contributed by atoms with Gasteiger partial charge in [-0.1, -0.05) is 72.8 Å². The third kappa shape index (κ3) is 7.52. The number of hydrogen-bond acceptors (Lipinski definition) is 4. The van der Waals surface area contributed by atoms with Crippen molar-refractivity contribution in [3.05, 3.63) is 143 Å². The lowest BCUT2D eigenvalue weighted by atomic mass is 10.0. The molecule has 1 amide bonds. The van der Waals surface area contributed by atoms with Crippen molar-refractivity contribution in [2.24, 2.45) is 0 Å². The number of oxazole rings is 1. The van der Waals surface area contributed by atoms with Crippen LogP contribution in [0.4, 0.5) is 0 Å². The summed E-state index contributed by atoms with van der Waals surface area (Å²) >= 11 is 0. The maximum Gasteiger partial charge on any atom is 0.379 e. The number of nitrogens with one attached hydrogen (secondary N) is 1. The van der Waals surface area contributed by atoms with E-state index in [1.54, 1.807) is 12.1 Å². The second-order valence-electron chi connectivity index (χ2n) is 10.1. The summed E-state index contributed by atoms with van der Waals surface area (Å²) in [4.78, 5) is 29.6. The fourth-order valence-electron chi connectivity index (χ4n) is 4.79. The van der Waals surface area contributed by atoms with Crippen LogP contribution < -0.4 is 9.72 Å². The standard InChI is InChI=1S/C35H32N2O5/c1-25-32(36-34(42-25)29-12-6-3-7-13-29)19-20-41-31-14-8-11-28(22-31)23-37(24-33(38)39)35(40)30-17-15-27(16-18-30)21-26-9-4-2-5-10-26/h2-18,22H,19-21,23-24H2,1H3,(H,38,39)/p+1. The van der Waals surface area contributed by atoms with E-state index in [-0.39, 0.29) is 12.5 Å². The summed E-state index contributed by atoms with van der Waals surface area (Å²) in [5.41, 5.74) is 5.41. The molecule has 0 saturated carbocycles. The normalized spacial score (nSPS) is 10.8. The van der Waals surface area contributed by atoms with Gasteiger partial charge in [-0.2, -0.15) is 4.98 Å². The Kier molecular flexibility index (Phi) is 9.09. The van der Waals surface area contributed by atoms with Crippen LogP contribution in [-0.4, -0.2) is 35.0 Å². The third-order valence-corrected chi connectivity index (χ3v) is 6.94. The van der Waals surface area contributed by atoms with Crippen molar-refractivity contribution in [2.75, 3.05) is 13.2 Å². The monoisotopic (exact) mass is 561 g/mol. The second kappa shape index (κ2) is 13.5. The molecule has 0 unspecified atom stereocenters. The van der Waals surface area contributed by atoms with Crippen LogP contribution in [0.25, 0.3) is 11.5 Å². The Hall–Kier alpha value is -5.17. The van der Waals surface area contributed by atoms with Gasteiger partial charge in [0.15, 0.2) is 5.76 Å². The SMILES string of the molecule is Cc1oc(-c2ccccc2)[nH+]c1CCOc1cccc(CN(CC(=O)O)C(=O)c2ccc(Cc3ccccc3)cc2)c1. The number of nitrogens with zero attached hydrogens (tertiary/aromatic N) is 1. The molecule has 0 atom stereocenters. The van der Waals surface area contributed by atoms with E-state index >= 15 is 0 Å². The molecule has 42 heavy (non-hydrogen) atoms. The number of carboxylic acids is 1. The Morgan fingerprint density at radius 2 is 1.50 bits per heavy atom. The van der Waals surface area contributed by atoms with Gasteiger partial charge in [0.25, 0.3) is 5.91 Å². The number of rotatable bonds is 12. The van der Waals surface area contributed by atoms with Crippen LogP contribution in [0.2, 0.25) is 0 Å². The van der Waals surface area contributed by atoms with E-state index < -0.39 is 12.5 Å². The van der Waals surface area contributed by atoms with Crippen molar-refractivity contribution in [3.63, 3.8) is 0 Å². The zero-order valence-electron chi connectivity index (χ0n) is 23.5. The van der Waals surface area contributed by atoms with Gasteiger partial charge >= 0.3 is 11.9 Å². The molecule has 1 aromatic heterocycles. The molecular weight excluding hydrogens is 528 g/mol. The number of benzene rings is 4. The summed E-state index contributed by atoms with van der Waals surface area (Å²) in [5.74, 6) is 0.749. The van der Waals surface area contributed by atoms with Crippen molar-refractivity contribution in [1.82, 2.24) is 4.90 Å². The Labute approximate surface area is 245 Å². The van der Waals surface area contributed by atoms with E-state index in [0.29, 0.717) is 30.2 Å². The molecule has 0 aliphatic rings. The van der Waals surface area contributed by atoms with Gasteiger partial charge in [-0.3, -0.25) is 9.59 Å². The van der Waals surface area contributed by atoms with Crippen LogP contribution in [0.3, 0.4) is 0 Å². The highest BCUT2D eigenvalue weighted by molar-refractivity contribution is 5.95. The molecule has 0 aliphatic carbocycles. The summed E-state index contributed by atoms with van der Waals surface area (Å²) in [6.07, 6.45) is 1.38. The van der Waals surface area contributed by atoms with Crippen molar-refractivity contribution in [1.29, 1.82) is 0 Å². The number of aryl methyl sites for hydroxylation is 1. The maximum atomic E-state index is 13.3. The van der Waals surface area contributed by atoms with Crippen molar-refractivity contribution in [3.8, 4) is 17.2 Å². The Morgan fingerprint density at radius 1 is 0.833 bits per heavy atom. The highest BCUT2D eigenvalue weighted by Crippen LogP contribution is 2.20. The largest absolute Gasteiger partial charge is 0.493 e. The van der Waals surface area contributed by atoms with Gasteiger partial charge in [-0.25, -0.2) is 0 Å². The molecule has 0 bridgehead atoms. The number of hydrogen-bond donors (Lipinski definition) is 1. The predicted molar refractivity (Wildman–Crippen MR) is 159 cm³/mol. The number of carbonyl (C=O) groups is 2. The minimum atomic E-state index is -1.07. The van der Waals surface area contributed by atoms with Crippen LogP contribution in [0.5, 0.6) is 5.75 Å². The first kappa shape index (κ1) is 28.4. The van der Waals surface area contributed by atoms with Gasteiger partial charge in [0, 0.05) is 19.0 Å². The third-order valence-electron chi connectivity index (χ3n) is 6.94. The highest BCUT2D eigenvalue weighted by Gasteiger charge is 2.20. The summed E-state index contributed by atoms with van der Waals surface area (Å²) in [5, 5.41) is 9.51. The minimum absolute atomic E-state index is 0.142. The van der Waals surface area contributed by atoms with Crippen molar-refractivity contribution < 1.29 is 28.8 Å². The summed E-state index contributed by atoms with van der Waals surface area (Å²) in [7, 11) is 0. The quantitative estimate of drug-likeness (QED) is 0.201. The fraction of sp³-hybridized carbons (Fsp3) is 0.171. The van der Waals surface area contributed by atoms with Crippen LogP contribution in [0.15, 0.2) is 114 Å². The maximum absolute atomic E-state index is 13.3. The molecule has 0 aliphatic heterocycles. The minimum Gasteiger partial charge on any atom is -0.493 e. The zero-order chi connectivity index (χ0) is 29.3. The van der Waals surface area contributed by atoms with Crippen LogP contribution in [0.1, 0.15) is 38.5 Å². The van der Waals surface area contributed by atoms with Gasteiger partial charge in [-0.15, -0.1) is 0 Å². The number of aromatic amines is 1. The van der Waals surface area contributed by atoms with E-state index in [4.69, 9.17) is 9.15 Å². The average Bonchev–Trinajstić information content (AvgIpc) is 3.38. The van der Waals surface area contributed by atoms with Crippen LogP contribution >= 0.6 is 0 Å². The number of ether oxygens (including phenoxy) is 1. The Bertz CT molecular complexity index is 1630. The zero-order valence-corrected chi connectivity index (χ0v) is 23.5.